The van der Waals surface area contributed by atoms with Crippen LogP contribution in [-0.4, -0.2) is 64.9 Å². The van der Waals surface area contributed by atoms with E-state index < -0.39 is 0 Å². The Balaban J connectivity index is 2.52. The summed E-state index contributed by atoms with van der Waals surface area (Å²) in [5.41, 5.74) is 0. The first-order chi connectivity index (χ1) is 8.17. The molecule has 6 nitrogen and oxygen atoms in total. The molecule has 0 spiro atoms. The van der Waals surface area contributed by atoms with Crippen molar-refractivity contribution in [1.82, 2.24) is 14.3 Å². The molecule has 0 unspecified atom stereocenters. The number of hydrogen-bond donors (Lipinski definition) is 2. The summed E-state index contributed by atoms with van der Waals surface area (Å²) in [6.07, 6.45) is 0.699. The Morgan fingerprint density at radius 2 is 1.94 bits per heavy atom. The largest absolute Gasteiger partial charge is 0.396 e. The molecule has 1 rings (SSSR count). The summed E-state index contributed by atoms with van der Waals surface area (Å²) in [4.78, 5) is 8.35. The SMILES string of the molecule is CN(C)c1nc(CN(CCO)CCCO)ns1. The van der Waals surface area contributed by atoms with Crippen molar-refractivity contribution in [2.75, 3.05) is 45.3 Å². The van der Waals surface area contributed by atoms with Crippen molar-refractivity contribution < 1.29 is 10.2 Å². The lowest BCUT2D eigenvalue weighted by Crippen LogP contribution is -2.28. The third kappa shape index (κ3) is 4.95. The van der Waals surface area contributed by atoms with Gasteiger partial charge in [0.2, 0.25) is 5.13 Å². The van der Waals surface area contributed by atoms with E-state index in [-0.39, 0.29) is 13.2 Å². The second-order valence-corrected chi connectivity index (χ2v) is 4.69. The normalized spacial score (nSPS) is 11.1. The third-order valence-electron chi connectivity index (χ3n) is 2.25. The van der Waals surface area contributed by atoms with Gasteiger partial charge in [-0.15, -0.1) is 0 Å². The number of aromatic nitrogens is 2. The molecule has 0 radical (unpaired) electrons. The summed E-state index contributed by atoms with van der Waals surface area (Å²) in [7, 11) is 3.86. The van der Waals surface area contributed by atoms with Gasteiger partial charge in [-0.1, -0.05) is 0 Å². The Bertz CT molecular complexity index is 319. The van der Waals surface area contributed by atoms with E-state index in [1.165, 1.54) is 11.5 Å². The molecule has 0 bridgehead atoms. The molecule has 0 aliphatic heterocycles. The van der Waals surface area contributed by atoms with Crippen LogP contribution in [0.15, 0.2) is 0 Å². The molecule has 1 heterocycles. The van der Waals surface area contributed by atoms with Crippen LogP contribution in [0.4, 0.5) is 5.13 Å². The molecule has 0 aliphatic carbocycles. The third-order valence-corrected chi connectivity index (χ3v) is 3.18. The zero-order valence-corrected chi connectivity index (χ0v) is 11.2. The Kier molecular flexibility index (Phi) is 6.35. The molecular weight excluding hydrogens is 240 g/mol. The molecule has 7 heteroatoms. The number of aliphatic hydroxyl groups excluding tert-OH is 2. The molecule has 0 aliphatic rings. The van der Waals surface area contributed by atoms with Gasteiger partial charge in [0.1, 0.15) is 0 Å². The van der Waals surface area contributed by atoms with Gasteiger partial charge in [-0.05, 0) is 6.42 Å². The molecule has 0 saturated heterocycles. The Morgan fingerprint density at radius 3 is 2.47 bits per heavy atom. The number of hydrogen-bond acceptors (Lipinski definition) is 7. The van der Waals surface area contributed by atoms with E-state index in [0.29, 0.717) is 19.5 Å². The fourth-order valence-corrected chi connectivity index (χ4v) is 1.99. The fraction of sp³-hybridized carbons (Fsp3) is 0.800. The number of nitrogens with zero attached hydrogens (tertiary/aromatic N) is 4. The van der Waals surface area contributed by atoms with E-state index in [4.69, 9.17) is 10.2 Å². The highest BCUT2D eigenvalue weighted by molar-refractivity contribution is 7.09. The van der Waals surface area contributed by atoms with E-state index >= 15 is 0 Å². The van der Waals surface area contributed by atoms with Gasteiger partial charge < -0.3 is 15.1 Å². The molecule has 0 atom stereocenters. The first kappa shape index (κ1) is 14.3. The van der Waals surface area contributed by atoms with Crippen LogP contribution < -0.4 is 4.90 Å². The molecule has 0 aromatic carbocycles. The molecule has 98 valence electrons. The van der Waals surface area contributed by atoms with Gasteiger partial charge in [0.05, 0.1) is 13.2 Å². The van der Waals surface area contributed by atoms with Crippen LogP contribution in [0, 0.1) is 0 Å². The van der Waals surface area contributed by atoms with Gasteiger partial charge in [-0.25, -0.2) is 4.98 Å². The summed E-state index contributed by atoms with van der Waals surface area (Å²) in [5.74, 6) is 0.769. The Labute approximate surface area is 106 Å². The monoisotopic (exact) mass is 260 g/mol. The number of rotatable bonds is 8. The van der Waals surface area contributed by atoms with Crippen molar-refractivity contribution in [3.8, 4) is 0 Å². The minimum absolute atomic E-state index is 0.107. The zero-order chi connectivity index (χ0) is 12.7. The summed E-state index contributed by atoms with van der Waals surface area (Å²) in [5, 5.41) is 18.6. The van der Waals surface area contributed by atoms with Crippen LogP contribution in [0.1, 0.15) is 12.2 Å². The molecule has 2 N–H and O–H groups in total. The molecule has 0 fully saturated rings. The summed E-state index contributed by atoms with van der Waals surface area (Å²) in [6, 6.07) is 0. The number of aliphatic hydroxyl groups is 2. The molecule has 1 aromatic heterocycles. The standard InChI is InChI=1S/C10H20N4O2S/c1-13(2)10-11-9(12-17-10)8-14(5-7-16)4-3-6-15/h15-16H,3-8H2,1-2H3. The van der Waals surface area contributed by atoms with Gasteiger partial charge >= 0.3 is 0 Å². The van der Waals surface area contributed by atoms with Crippen molar-refractivity contribution in [2.45, 2.75) is 13.0 Å². The maximum atomic E-state index is 8.96. The molecule has 1 aromatic rings. The lowest BCUT2D eigenvalue weighted by Gasteiger charge is -2.18. The second-order valence-electron chi connectivity index (χ2n) is 3.96. The van der Waals surface area contributed by atoms with Gasteiger partial charge in [-0.2, -0.15) is 4.37 Å². The van der Waals surface area contributed by atoms with Crippen LogP contribution in [0.25, 0.3) is 0 Å². The van der Waals surface area contributed by atoms with Crippen LogP contribution >= 0.6 is 11.5 Å². The smallest absolute Gasteiger partial charge is 0.204 e. The van der Waals surface area contributed by atoms with Crippen molar-refractivity contribution >= 4 is 16.7 Å². The average Bonchev–Trinajstić information content (AvgIpc) is 2.75. The van der Waals surface area contributed by atoms with E-state index in [0.717, 1.165) is 17.5 Å². The van der Waals surface area contributed by atoms with Gasteiger partial charge in [0.25, 0.3) is 0 Å². The van der Waals surface area contributed by atoms with E-state index in [1.54, 1.807) is 0 Å². The Morgan fingerprint density at radius 1 is 1.18 bits per heavy atom. The van der Waals surface area contributed by atoms with Crippen LogP contribution in [-0.2, 0) is 6.54 Å². The maximum absolute atomic E-state index is 8.96. The molecule has 0 saturated carbocycles. The quantitative estimate of drug-likeness (QED) is 0.673. The van der Waals surface area contributed by atoms with Crippen molar-refractivity contribution in [2.24, 2.45) is 0 Å². The topological polar surface area (TPSA) is 72.7 Å². The van der Waals surface area contributed by atoms with Gasteiger partial charge in [-0.3, -0.25) is 4.90 Å². The zero-order valence-electron chi connectivity index (χ0n) is 10.3. The minimum Gasteiger partial charge on any atom is -0.396 e. The predicted octanol–water partition coefficient (Wildman–Crippen LogP) is -0.219. The van der Waals surface area contributed by atoms with Crippen molar-refractivity contribution in [3.63, 3.8) is 0 Å². The Hall–Kier alpha value is -0.760. The number of anilines is 1. The average molecular weight is 260 g/mol. The van der Waals surface area contributed by atoms with Crippen LogP contribution in [0.3, 0.4) is 0 Å². The summed E-state index contributed by atoms with van der Waals surface area (Å²) in [6.45, 7) is 2.21. The molecular formula is C10H20N4O2S. The lowest BCUT2D eigenvalue weighted by molar-refractivity contribution is 0.172. The van der Waals surface area contributed by atoms with E-state index in [1.807, 2.05) is 23.9 Å². The van der Waals surface area contributed by atoms with E-state index in [9.17, 15) is 0 Å². The van der Waals surface area contributed by atoms with Crippen molar-refractivity contribution in [3.05, 3.63) is 5.82 Å². The fourth-order valence-electron chi connectivity index (χ4n) is 1.40. The summed E-state index contributed by atoms with van der Waals surface area (Å²) >= 11 is 1.37. The molecule has 0 amide bonds. The van der Waals surface area contributed by atoms with Crippen LogP contribution in [0.2, 0.25) is 0 Å². The highest BCUT2D eigenvalue weighted by Crippen LogP contribution is 2.14. The minimum atomic E-state index is 0.107. The highest BCUT2D eigenvalue weighted by atomic mass is 32.1. The summed E-state index contributed by atoms with van der Waals surface area (Å²) < 4.78 is 4.27. The van der Waals surface area contributed by atoms with Gasteiger partial charge in [0, 0.05) is 45.3 Å². The van der Waals surface area contributed by atoms with Crippen molar-refractivity contribution in [1.29, 1.82) is 0 Å². The van der Waals surface area contributed by atoms with E-state index in [2.05, 4.69) is 9.36 Å². The molecule has 17 heavy (non-hydrogen) atoms. The van der Waals surface area contributed by atoms with Gasteiger partial charge in [0.15, 0.2) is 5.82 Å². The maximum Gasteiger partial charge on any atom is 0.204 e. The highest BCUT2D eigenvalue weighted by Gasteiger charge is 2.10. The second kappa shape index (κ2) is 7.54. The predicted molar refractivity (Wildman–Crippen MR) is 68.3 cm³/mol. The first-order valence-electron chi connectivity index (χ1n) is 5.61. The lowest BCUT2D eigenvalue weighted by atomic mass is 10.3. The van der Waals surface area contributed by atoms with Crippen LogP contribution in [0.5, 0.6) is 0 Å². The first-order valence-corrected chi connectivity index (χ1v) is 6.38.